The molecule has 0 unspecified atom stereocenters. The minimum absolute atomic E-state index is 0.155. The molecule has 1 aliphatic carbocycles. The normalized spacial score (nSPS) is 15.2. The van der Waals surface area contributed by atoms with E-state index in [9.17, 15) is 4.79 Å². The minimum Gasteiger partial charge on any atom is -0.481 e. The lowest BCUT2D eigenvalue weighted by molar-refractivity contribution is -0.136. The van der Waals surface area contributed by atoms with Gasteiger partial charge in [-0.1, -0.05) is 6.42 Å². The smallest absolute Gasteiger partial charge is 0.311 e. The summed E-state index contributed by atoms with van der Waals surface area (Å²) in [4.78, 5) is 19.0. The molecule has 0 atom stereocenters. The first-order valence-corrected chi connectivity index (χ1v) is 5.53. The lowest BCUT2D eigenvalue weighted by Gasteiger charge is -2.09. The second kappa shape index (κ2) is 4.47. The Hall–Kier alpha value is -1.65. The summed E-state index contributed by atoms with van der Waals surface area (Å²) in [6.45, 7) is 0. The van der Waals surface area contributed by atoms with Gasteiger partial charge in [0.25, 0.3) is 0 Å². The zero-order valence-electron chi connectivity index (χ0n) is 9.07. The van der Waals surface area contributed by atoms with Crippen molar-refractivity contribution in [3.05, 3.63) is 17.1 Å². The molecular formula is C11H15N3O2. The molecule has 0 fully saturated rings. The van der Waals surface area contributed by atoms with Crippen LogP contribution in [0.15, 0.2) is 0 Å². The van der Waals surface area contributed by atoms with Gasteiger partial charge in [0.1, 0.15) is 18.1 Å². The Morgan fingerprint density at radius 1 is 1.25 bits per heavy atom. The molecule has 0 spiro atoms. The fourth-order valence-corrected chi connectivity index (χ4v) is 2.07. The van der Waals surface area contributed by atoms with Gasteiger partial charge >= 0.3 is 5.97 Å². The van der Waals surface area contributed by atoms with Gasteiger partial charge in [0.15, 0.2) is 0 Å². The van der Waals surface area contributed by atoms with Crippen LogP contribution < -0.4 is 5.73 Å². The number of aliphatic carboxylic acids is 1. The fraction of sp³-hybridized carbons (Fsp3) is 0.545. The van der Waals surface area contributed by atoms with Crippen LogP contribution in [0.2, 0.25) is 0 Å². The number of hydrogen-bond donors (Lipinski definition) is 2. The second-order valence-electron chi connectivity index (χ2n) is 4.08. The molecule has 0 radical (unpaired) electrons. The number of carboxylic acids is 1. The van der Waals surface area contributed by atoms with E-state index in [1.807, 2.05) is 0 Å². The maximum absolute atomic E-state index is 10.6. The van der Waals surface area contributed by atoms with Gasteiger partial charge in [-0.25, -0.2) is 9.97 Å². The van der Waals surface area contributed by atoms with Gasteiger partial charge in [0, 0.05) is 11.3 Å². The number of aromatic nitrogens is 2. The summed E-state index contributed by atoms with van der Waals surface area (Å²) in [5, 5.41) is 8.70. The van der Waals surface area contributed by atoms with E-state index >= 15 is 0 Å². The topological polar surface area (TPSA) is 89.1 Å². The van der Waals surface area contributed by atoms with E-state index in [1.165, 1.54) is 6.42 Å². The van der Waals surface area contributed by atoms with E-state index in [2.05, 4.69) is 9.97 Å². The third-order valence-corrected chi connectivity index (χ3v) is 2.82. The largest absolute Gasteiger partial charge is 0.481 e. The van der Waals surface area contributed by atoms with E-state index in [0.717, 1.165) is 36.9 Å². The summed E-state index contributed by atoms with van der Waals surface area (Å²) in [6.07, 6.45) is 5.01. The van der Waals surface area contributed by atoms with Crippen LogP contribution >= 0.6 is 0 Å². The van der Waals surface area contributed by atoms with E-state index in [4.69, 9.17) is 10.8 Å². The van der Waals surface area contributed by atoms with Crippen molar-refractivity contribution >= 4 is 11.8 Å². The number of rotatable bonds is 2. The molecule has 0 amide bonds. The lowest BCUT2D eigenvalue weighted by Crippen LogP contribution is -2.11. The van der Waals surface area contributed by atoms with Crippen LogP contribution in [0.4, 0.5) is 5.82 Å². The van der Waals surface area contributed by atoms with Gasteiger partial charge in [0.2, 0.25) is 0 Å². The quantitative estimate of drug-likeness (QED) is 0.726. The van der Waals surface area contributed by atoms with Crippen molar-refractivity contribution in [2.45, 2.75) is 38.5 Å². The molecule has 16 heavy (non-hydrogen) atoms. The number of nitrogens with zero attached hydrogens (tertiary/aromatic N) is 2. The predicted molar refractivity (Wildman–Crippen MR) is 59.0 cm³/mol. The number of carboxylic acid groups (broad SMARTS) is 1. The Kier molecular flexibility index (Phi) is 3.03. The fourth-order valence-electron chi connectivity index (χ4n) is 2.07. The summed E-state index contributed by atoms with van der Waals surface area (Å²) < 4.78 is 0. The van der Waals surface area contributed by atoms with Gasteiger partial charge in [-0.3, -0.25) is 4.79 Å². The average Bonchev–Trinajstić information content (AvgIpc) is 2.41. The summed E-state index contributed by atoms with van der Waals surface area (Å²) in [5.74, 6) is -0.137. The van der Waals surface area contributed by atoms with E-state index < -0.39 is 5.97 Å². The maximum Gasteiger partial charge on any atom is 0.311 e. The number of carbonyl (C=O) groups is 1. The van der Waals surface area contributed by atoms with Crippen molar-refractivity contribution in [3.63, 3.8) is 0 Å². The number of anilines is 1. The van der Waals surface area contributed by atoms with Crippen molar-refractivity contribution in [1.82, 2.24) is 9.97 Å². The summed E-state index contributed by atoms with van der Waals surface area (Å²) in [6, 6.07) is 0. The highest BCUT2D eigenvalue weighted by Crippen LogP contribution is 2.22. The molecule has 3 N–H and O–H groups in total. The molecule has 5 nitrogen and oxygen atoms in total. The average molecular weight is 221 g/mol. The molecule has 2 rings (SSSR count). The highest BCUT2D eigenvalue weighted by Gasteiger charge is 2.15. The lowest BCUT2D eigenvalue weighted by atomic mass is 10.1. The van der Waals surface area contributed by atoms with E-state index in [0.29, 0.717) is 11.6 Å². The van der Waals surface area contributed by atoms with Crippen molar-refractivity contribution in [2.24, 2.45) is 0 Å². The Balaban J connectivity index is 2.35. The molecule has 1 aliphatic rings. The second-order valence-corrected chi connectivity index (χ2v) is 4.08. The first kappa shape index (κ1) is 10.9. The molecule has 0 saturated heterocycles. The molecule has 1 aromatic heterocycles. The van der Waals surface area contributed by atoms with Crippen LogP contribution in [0.5, 0.6) is 0 Å². The Bertz CT molecular complexity index is 418. The number of fused-ring (bicyclic) bond motifs is 1. The molecule has 86 valence electrons. The third kappa shape index (κ3) is 2.29. The van der Waals surface area contributed by atoms with Gasteiger partial charge in [-0.05, 0) is 25.7 Å². The van der Waals surface area contributed by atoms with Crippen molar-refractivity contribution in [1.29, 1.82) is 0 Å². The number of aryl methyl sites for hydroxylation is 1. The van der Waals surface area contributed by atoms with Crippen molar-refractivity contribution in [2.75, 3.05) is 5.73 Å². The number of hydrogen-bond acceptors (Lipinski definition) is 4. The highest BCUT2D eigenvalue weighted by molar-refractivity contribution is 5.69. The van der Waals surface area contributed by atoms with Crippen LogP contribution in [0.25, 0.3) is 0 Å². The predicted octanol–water partition coefficient (Wildman–Crippen LogP) is 0.955. The standard InChI is InChI=1S/C11H15N3O2/c12-11-7-4-2-1-3-5-8(7)13-9(14-11)6-10(15)16/h1-6H2,(H,15,16)(H2,12,13,14). The van der Waals surface area contributed by atoms with Gasteiger partial charge < -0.3 is 10.8 Å². The number of nitrogen functional groups attached to an aromatic ring is 1. The zero-order valence-corrected chi connectivity index (χ0v) is 9.07. The zero-order chi connectivity index (χ0) is 11.5. The highest BCUT2D eigenvalue weighted by atomic mass is 16.4. The van der Waals surface area contributed by atoms with E-state index in [1.54, 1.807) is 0 Å². The number of nitrogens with two attached hydrogens (primary N) is 1. The monoisotopic (exact) mass is 221 g/mol. The molecule has 1 aromatic rings. The molecule has 0 saturated carbocycles. The van der Waals surface area contributed by atoms with Gasteiger partial charge in [0.05, 0.1) is 0 Å². The molecule has 0 aliphatic heterocycles. The van der Waals surface area contributed by atoms with Gasteiger partial charge in [-0.15, -0.1) is 0 Å². The summed E-state index contributed by atoms with van der Waals surface area (Å²) in [7, 11) is 0. The van der Waals surface area contributed by atoms with Crippen LogP contribution in [-0.4, -0.2) is 21.0 Å². The van der Waals surface area contributed by atoms with Crippen molar-refractivity contribution in [3.8, 4) is 0 Å². The molecular weight excluding hydrogens is 206 g/mol. The van der Waals surface area contributed by atoms with Gasteiger partial charge in [-0.2, -0.15) is 0 Å². The summed E-state index contributed by atoms with van der Waals surface area (Å²) >= 11 is 0. The Morgan fingerprint density at radius 3 is 2.75 bits per heavy atom. The Labute approximate surface area is 93.7 Å². The molecule has 5 heteroatoms. The summed E-state index contributed by atoms with van der Waals surface area (Å²) in [5.41, 5.74) is 7.81. The first-order valence-electron chi connectivity index (χ1n) is 5.53. The molecule has 0 aromatic carbocycles. The van der Waals surface area contributed by atoms with Crippen LogP contribution in [0, 0.1) is 0 Å². The van der Waals surface area contributed by atoms with Crippen molar-refractivity contribution < 1.29 is 9.90 Å². The van der Waals surface area contributed by atoms with Crippen LogP contribution in [0.1, 0.15) is 36.3 Å². The van der Waals surface area contributed by atoms with Crippen LogP contribution in [-0.2, 0) is 24.1 Å². The molecule has 0 bridgehead atoms. The third-order valence-electron chi connectivity index (χ3n) is 2.82. The minimum atomic E-state index is -0.923. The Morgan fingerprint density at radius 2 is 2.00 bits per heavy atom. The maximum atomic E-state index is 10.6. The van der Waals surface area contributed by atoms with Crippen LogP contribution in [0.3, 0.4) is 0 Å². The first-order chi connectivity index (χ1) is 7.66. The van der Waals surface area contributed by atoms with E-state index in [-0.39, 0.29) is 6.42 Å². The SMILES string of the molecule is Nc1nc(CC(=O)O)nc2c1CCCCC2. The molecule has 1 heterocycles.